The van der Waals surface area contributed by atoms with Crippen molar-refractivity contribution in [2.75, 3.05) is 26.1 Å². The molecule has 1 aromatic carbocycles. The number of hydrogen-bond donors (Lipinski definition) is 2. The zero-order chi connectivity index (χ0) is 26.5. The quantitative estimate of drug-likeness (QED) is 0.364. The number of methoxy groups -OCH3 is 3. The third kappa shape index (κ3) is 5.64. The van der Waals surface area contributed by atoms with Crippen LogP contribution >= 0.6 is 11.6 Å². The molecule has 0 amide bonds. The van der Waals surface area contributed by atoms with Gasteiger partial charge < -0.3 is 24.1 Å². The van der Waals surface area contributed by atoms with E-state index in [4.69, 9.17) is 25.8 Å². The fourth-order valence-electron chi connectivity index (χ4n) is 3.80. The van der Waals surface area contributed by atoms with E-state index in [1.807, 2.05) is 6.92 Å². The van der Waals surface area contributed by atoms with E-state index in [9.17, 15) is 4.55 Å². The molecule has 4 rings (SSSR count). The third-order valence-corrected chi connectivity index (χ3v) is 7.08. The summed E-state index contributed by atoms with van der Waals surface area (Å²) in [6, 6.07) is 4.97. The molecule has 12 nitrogen and oxygen atoms in total. The molecule has 196 valence electrons. The SMILES string of the molecule is COc1cccc(OC)c1-n1c(N[S+]([O-])C(C)C(OC)c2ncc(Cl)cn2)nnc1C1C=NC=C(C)N1. The maximum atomic E-state index is 13.5. The molecule has 0 saturated carbocycles. The van der Waals surface area contributed by atoms with Gasteiger partial charge in [0.25, 0.3) is 5.95 Å². The predicted octanol–water partition coefficient (Wildman–Crippen LogP) is 3.16. The Morgan fingerprint density at radius 1 is 1.14 bits per heavy atom. The van der Waals surface area contributed by atoms with Crippen molar-refractivity contribution in [3.8, 4) is 17.2 Å². The number of nitrogens with zero attached hydrogens (tertiary/aromatic N) is 6. The average Bonchev–Trinajstić information content (AvgIpc) is 3.32. The number of ether oxygens (including phenoxy) is 3. The van der Waals surface area contributed by atoms with E-state index in [1.165, 1.54) is 19.5 Å². The first kappa shape index (κ1) is 26.7. The molecule has 37 heavy (non-hydrogen) atoms. The molecule has 1 aliphatic rings. The van der Waals surface area contributed by atoms with Gasteiger partial charge in [0.05, 0.1) is 30.6 Å². The minimum atomic E-state index is -1.71. The van der Waals surface area contributed by atoms with Crippen LogP contribution in [-0.2, 0) is 16.1 Å². The van der Waals surface area contributed by atoms with Gasteiger partial charge in [0.1, 0.15) is 23.2 Å². The first-order valence-corrected chi connectivity index (χ1v) is 12.8. The zero-order valence-electron chi connectivity index (χ0n) is 20.9. The molecule has 3 heterocycles. The van der Waals surface area contributed by atoms with Crippen molar-refractivity contribution < 1.29 is 18.8 Å². The standard InChI is InChI=1S/C23H27ClN8O4S/c1-13-9-25-12-16(28-13)22-29-30-23(32(22)19-17(34-3)7-6-8-18(19)35-4)31-37(33)14(2)20(36-5)21-26-10-15(24)11-27-21/h6-12,14,16,20,28H,1-5H3,(H,30,31). The summed E-state index contributed by atoms with van der Waals surface area (Å²) in [7, 11) is 4.61. The second-order valence-corrected chi connectivity index (χ2v) is 9.96. The van der Waals surface area contributed by atoms with E-state index in [0.717, 1.165) is 5.70 Å². The third-order valence-electron chi connectivity index (χ3n) is 5.58. The first-order valence-electron chi connectivity index (χ1n) is 11.2. The largest absolute Gasteiger partial charge is 0.593 e. The summed E-state index contributed by atoms with van der Waals surface area (Å²) in [5, 5.41) is 11.8. The Labute approximate surface area is 222 Å². The second-order valence-electron chi connectivity index (χ2n) is 7.98. The van der Waals surface area contributed by atoms with Gasteiger partial charge >= 0.3 is 0 Å². The summed E-state index contributed by atoms with van der Waals surface area (Å²) in [6.07, 6.45) is 5.66. The van der Waals surface area contributed by atoms with Gasteiger partial charge in [0, 0.05) is 37.6 Å². The number of benzene rings is 1. The van der Waals surface area contributed by atoms with Crippen LogP contribution in [0.1, 0.15) is 37.6 Å². The van der Waals surface area contributed by atoms with Crippen LogP contribution in [-0.4, -0.2) is 62.1 Å². The highest BCUT2D eigenvalue weighted by atomic mass is 35.5. The van der Waals surface area contributed by atoms with Crippen molar-refractivity contribution in [3.63, 3.8) is 0 Å². The Kier molecular flexibility index (Phi) is 8.48. The van der Waals surface area contributed by atoms with Crippen LogP contribution in [0.4, 0.5) is 5.95 Å². The van der Waals surface area contributed by atoms with E-state index >= 15 is 0 Å². The Morgan fingerprint density at radius 2 is 1.81 bits per heavy atom. The van der Waals surface area contributed by atoms with E-state index in [2.05, 4.69) is 35.2 Å². The molecule has 3 aromatic rings. The number of halogens is 1. The van der Waals surface area contributed by atoms with Gasteiger partial charge in [-0.3, -0.25) is 9.56 Å². The molecule has 14 heteroatoms. The summed E-state index contributed by atoms with van der Waals surface area (Å²) in [4.78, 5) is 12.7. The van der Waals surface area contributed by atoms with Crippen molar-refractivity contribution in [1.29, 1.82) is 0 Å². The monoisotopic (exact) mass is 546 g/mol. The van der Waals surface area contributed by atoms with Crippen molar-refractivity contribution in [3.05, 3.63) is 59.2 Å². The molecule has 2 N–H and O–H groups in total. The van der Waals surface area contributed by atoms with Crippen molar-refractivity contribution >= 4 is 35.1 Å². The van der Waals surface area contributed by atoms with Gasteiger partial charge in [0.2, 0.25) is 0 Å². The smallest absolute Gasteiger partial charge is 0.271 e. The molecule has 0 spiro atoms. The number of para-hydroxylation sites is 1. The molecule has 1 aliphatic heterocycles. The van der Waals surface area contributed by atoms with Crippen LogP contribution in [0.25, 0.3) is 5.69 Å². The lowest BCUT2D eigenvalue weighted by Crippen LogP contribution is -2.34. The van der Waals surface area contributed by atoms with Crippen molar-refractivity contribution in [2.24, 2.45) is 4.99 Å². The van der Waals surface area contributed by atoms with Crippen LogP contribution in [0.5, 0.6) is 11.5 Å². The van der Waals surface area contributed by atoms with Crippen LogP contribution in [0, 0.1) is 0 Å². The normalized spacial score (nSPS) is 17.4. The van der Waals surface area contributed by atoms with E-state index in [0.29, 0.717) is 33.9 Å². The Bertz CT molecular complexity index is 1260. The molecule has 0 saturated heterocycles. The lowest BCUT2D eigenvalue weighted by Gasteiger charge is -2.25. The summed E-state index contributed by atoms with van der Waals surface area (Å²) in [5.74, 6) is 2.05. The van der Waals surface area contributed by atoms with Crippen molar-refractivity contribution in [1.82, 2.24) is 30.0 Å². The molecule has 0 aliphatic carbocycles. The number of allylic oxidation sites excluding steroid dienone is 1. The number of aliphatic imine (C=N–C) groups is 1. The van der Waals surface area contributed by atoms with Gasteiger partial charge in [-0.2, -0.15) is 4.72 Å². The fourth-order valence-corrected chi connectivity index (χ4v) is 4.85. The molecule has 4 atom stereocenters. The predicted molar refractivity (Wildman–Crippen MR) is 141 cm³/mol. The number of nitrogens with one attached hydrogen (secondary N) is 2. The maximum absolute atomic E-state index is 13.5. The summed E-state index contributed by atoms with van der Waals surface area (Å²) >= 11 is 4.21. The topological polar surface area (TPSA) is 144 Å². The maximum Gasteiger partial charge on any atom is 0.271 e. The Morgan fingerprint density at radius 3 is 2.41 bits per heavy atom. The van der Waals surface area contributed by atoms with Gasteiger partial charge in [-0.15, -0.1) is 10.2 Å². The molecule has 2 aromatic heterocycles. The second kappa shape index (κ2) is 11.8. The number of hydrogen-bond acceptors (Lipinski definition) is 11. The summed E-state index contributed by atoms with van der Waals surface area (Å²) in [5.41, 5.74) is 1.39. The highest BCUT2D eigenvalue weighted by Crippen LogP contribution is 2.37. The van der Waals surface area contributed by atoms with Gasteiger partial charge in [0.15, 0.2) is 23.0 Å². The van der Waals surface area contributed by atoms with E-state index in [-0.39, 0.29) is 5.95 Å². The van der Waals surface area contributed by atoms with Crippen molar-refractivity contribution in [2.45, 2.75) is 31.2 Å². The van der Waals surface area contributed by atoms with Gasteiger partial charge in [-0.05, 0) is 26.0 Å². The highest BCUT2D eigenvalue weighted by Gasteiger charge is 2.35. The zero-order valence-corrected chi connectivity index (χ0v) is 22.4. The summed E-state index contributed by atoms with van der Waals surface area (Å²) in [6.45, 7) is 3.65. The highest BCUT2D eigenvalue weighted by molar-refractivity contribution is 7.93. The number of aromatic nitrogens is 5. The number of anilines is 1. The Balaban J connectivity index is 1.74. The molecule has 0 bridgehead atoms. The molecule has 0 radical (unpaired) electrons. The lowest BCUT2D eigenvalue weighted by atomic mass is 10.2. The van der Waals surface area contributed by atoms with Gasteiger partial charge in [-0.25, -0.2) is 9.97 Å². The van der Waals surface area contributed by atoms with Crippen LogP contribution in [0.3, 0.4) is 0 Å². The molecular formula is C23H27ClN8O4S. The first-order chi connectivity index (χ1) is 17.9. The Hall–Kier alpha value is -3.39. The van der Waals surface area contributed by atoms with Gasteiger partial charge in [-0.1, -0.05) is 17.7 Å². The molecular weight excluding hydrogens is 520 g/mol. The van der Waals surface area contributed by atoms with E-state index in [1.54, 1.807) is 56.3 Å². The summed E-state index contributed by atoms with van der Waals surface area (Å²) < 4.78 is 35.1. The molecule has 0 fully saturated rings. The molecule has 4 unspecified atom stereocenters. The van der Waals surface area contributed by atoms with Crippen LogP contribution in [0.15, 0.2) is 47.5 Å². The lowest BCUT2D eigenvalue weighted by molar-refractivity contribution is 0.0950. The minimum Gasteiger partial charge on any atom is -0.593 e. The fraction of sp³-hybridized carbons (Fsp3) is 0.348. The minimum absolute atomic E-state index is 0.206. The van der Waals surface area contributed by atoms with Crippen LogP contribution < -0.4 is 19.5 Å². The van der Waals surface area contributed by atoms with Crippen LogP contribution in [0.2, 0.25) is 5.02 Å². The number of rotatable bonds is 10. The van der Waals surface area contributed by atoms with E-state index < -0.39 is 28.8 Å². The average molecular weight is 547 g/mol.